The second kappa shape index (κ2) is 6.88. The zero-order valence-corrected chi connectivity index (χ0v) is 12.6. The molecule has 0 aromatic heterocycles. The van der Waals surface area contributed by atoms with Crippen molar-refractivity contribution in [1.29, 1.82) is 0 Å². The number of aliphatic hydroxyl groups excluding tert-OH is 8. The maximum Gasteiger partial charge on any atom is 0.206 e. The lowest BCUT2D eigenvalue weighted by Crippen LogP contribution is -2.66. The lowest BCUT2D eigenvalue weighted by molar-refractivity contribution is -0.196. The van der Waals surface area contributed by atoms with E-state index < -0.39 is 80.0 Å². The third-order valence-corrected chi connectivity index (χ3v) is 4.69. The highest BCUT2D eigenvalue weighted by atomic mass is 16.6. The topological polar surface area (TPSA) is 197 Å². The van der Waals surface area contributed by atoms with Gasteiger partial charge in [-0.2, -0.15) is 0 Å². The fourth-order valence-electron chi connectivity index (χ4n) is 3.21. The van der Waals surface area contributed by atoms with Crippen LogP contribution in [-0.2, 0) is 14.3 Å². The van der Waals surface area contributed by atoms with E-state index in [-0.39, 0.29) is 0 Å². The van der Waals surface area contributed by atoms with E-state index in [9.17, 15) is 35.4 Å². The lowest BCUT2D eigenvalue weighted by Gasteiger charge is -2.38. The third kappa shape index (κ3) is 2.49. The summed E-state index contributed by atoms with van der Waals surface area (Å²) in [6, 6.07) is 0. The summed E-state index contributed by atoms with van der Waals surface area (Å²) in [6.07, 6.45) is -10.2. The fraction of sp³-hybridized carbons (Fsp3) is 0.923. The van der Waals surface area contributed by atoms with Gasteiger partial charge in [-0.1, -0.05) is 0 Å². The maximum absolute atomic E-state index is 12.9. The minimum absolute atomic E-state index is 0.773. The zero-order chi connectivity index (χ0) is 18.3. The fourth-order valence-corrected chi connectivity index (χ4v) is 3.21. The minimum Gasteiger partial charge on any atom is -0.394 e. The number of hydrogen-bond donors (Lipinski definition) is 8. The summed E-state index contributed by atoms with van der Waals surface area (Å²) in [7, 11) is 0. The summed E-state index contributed by atoms with van der Waals surface area (Å²) >= 11 is 0. The summed E-state index contributed by atoms with van der Waals surface area (Å²) in [4.78, 5) is 12.9. The van der Waals surface area contributed by atoms with Gasteiger partial charge in [-0.15, -0.1) is 0 Å². The average Bonchev–Trinajstić information content (AvgIpc) is 3.01. The van der Waals surface area contributed by atoms with Gasteiger partial charge in [0.1, 0.15) is 36.6 Å². The van der Waals surface area contributed by atoms with Crippen LogP contribution in [-0.4, -0.2) is 121 Å². The predicted octanol–water partition coefficient (Wildman–Crippen LogP) is -5.76. The molecule has 2 aliphatic heterocycles. The first-order valence-corrected chi connectivity index (χ1v) is 7.32. The van der Waals surface area contributed by atoms with Crippen molar-refractivity contribution >= 4 is 5.78 Å². The highest BCUT2D eigenvalue weighted by Crippen LogP contribution is 2.41. The smallest absolute Gasteiger partial charge is 0.206 e. The monoisotopic (exact) mass is 354 g/mol. The molecule has 0 spiro atoms. The summed E-state index contributed by atoms with van der Waals surface area (Å²) in [5.74, 6) is -1.33. The minimum atomic E-state index is -2.50. The average molecular weight is 354 g/mol. The highest BCUT2D eigenvalue weighted by Gasteiger charge is 2.68. The molecule has 2 heterocycles. The van der Waals surface area contributed by atoms with Crippen molar-refractivity contribution in [3.8, 4) is 0 Å². The molecule has 2 unspecified atom stereocenters. The molecule has 2 saturated heterocycles. The van der Waals surface area contributed by atoms with Crippen molar-refractivity contribution in [2.75, 3.05) is 26.4 Å². The second-order valence-corrected chi connectivity index (χ2v) is 5.97. The molecular formula is C13H22O11. The molecule has 0 saturated carbocycles. The first-order chi connectivity index (χ1) is 11.3. The summed E-state index contributed by atoms with van der Waals surface area (Å²) in [6.45, 7) is -3.86. The Morgan fingerprint density at radius 3 is 1.29 bits per heavy atom. The van der Waals surface area contributed by atoms with E-state index in [1.54, 1.807) is 0 Å². The molecule has 11 nitrogen and oxygen atoms in total. The number of carbonyl (C=O) groups is 1. The van der Waals surface area contributed by atoms with Crippen molar-refractivity contribution in [3.63, 3.8) is 0 Å². The molecule has 8 N–H and O–H groups in total. The Balaban J connectivity index is 2.44. The van der Waals surface area contributed by atoms with Crippen LogP contribution in [0.5, 0.6) is 0 Å². The molecule has 11 heteroatoms. The van der Waals surface area contributed by atoms with Gasteiger partial charge in [-0.05, 0) is 0 Å². The summed E-state index contributed by atoms with van der Waals surface area (Å²) in [5, 5.41) is 77.4. The Hall–Kier alpha value is -0.730. The standard InChI is InChI=1S/C13H22O11/c14-1-5-7(18)9(20)12(3-16,23-5)11(22)13(4-17)10(21)8(19)6(2-15)24-13/h5-10,14-21H,1-4H2/t5-,6-,7-,8-,9+,10+,12?,13?/m1/s1. The van der Waals surface area contributed by atoms with Crippen LogP contribution in [0.3, 0.4) is 0 Å². The SMILES string of the molecule is O=C(C1(CO)O[C@H](CO)[C@@H](O)[C@@H]1O)C1(CO)O[C@H](CO)[C@@H](O)[C@@H]1O. The van der Waals surface area contributed by atoms with Crippen LogP contribution in [0.2, 0.25) is 0 Å². The maximum atomic E-state index is 12.9. The van der Waals surface area contributed by atoms with E-state index in [2.05, 4.69) is 0 Å². The first-order valence-electron chi connectivity index (χ1n) is 7.32. The van der Waals surface area contributed by atoms with E-state index in [0.29, 0.717) is 0 Å². The van der Waals surface area contributed by atoms with Crippen LogP contribution in [0.25, 0.3) is 0 Å². The first kappa shape index (κ1) is 19.6. The number of Topliss-reactive ketones (excluding diaryl/α,β-unsaturated/α-hetero) is 1. The van der Waals surface area contributed by atoms with Crippen molar-refractivity contribution in [2.45, 2.75) is 47.8 Å². The summed E-state index contributed by atoms with van der Waals surface area (Å²) in [5.41, 5.74) is -5.00. The Bertz CT molecular complexity index is 433. The van der Waals surface area contributed by atoms with E-state index >= 15 is 0 Å². The Labute approximate surface area is 136 Å². The predicted molar refractivity (Wildman–Crippen MR) is 72.6 cm³/mol. The van der Waals surface area contributed by atoms with Crippen molar-refractivity contribution in [3.05, 3.63) is 0 Å². The molecule has 2 rings (SSSR count). The normalized spacial score (nSPS) is 48.8. The summed E-state index contributed by atoms with van der Waals surface area (Å²) < 4.78 is 10.3. The van der Waals surface area contributed by atoms with Gasteiger partial charge in [-0.3, -0.25) is 4.79 Å². The van der Waals surface area contributed by atoms with E-state index in [4.69, 9.17) is 19.7 Å². The van der Waals surface area contributed by atoms with E-state index in [1.807, 2.05) is 0 Å². The van der Waals surface area contributed by atoms with Crippen molar-refractivity contribution < 1.29 is 55.1 Å². The molecule has 0 aromatic rings. The van der Waals surface area contributed by atoms with E-state index in [1.165, 1.54) is 0 Å². The van der Waals surface area contributed by atoms with Crippen LogP contribution in [0.4, 0.5) is 0 Å². The van der Waals surface area contributed by atoms with Gasteiger partial charge in [0.05, 0.1) is 26.4 Å². The number of hydrogen-bond acceptors (Lipinski definition) is 11. The van der Waals surface area contributed by atoms with Gasteiger partial charge in [0, 0.05) is 0 Å². The molecule has 0 bridgehead atoms. The van der Waals surface area contributed by atoms with Gasteiger partial charge in [0.2, 0.25) is 5.78 Å². The molecule has 8 atom stereocenters. The third-order valence-electron chi connectivity index (χ3n) is 4.69. The zero-order valence-electron chi connectivity index (χ0n) is 12.6. The number of carbonyl (C=O) groups excluding carboxylic acids is 1. The van der Waals surface area contributed by atoms with Crippen LogP contribution in [0.15, 0.2) is 0 Å². The Morgan fingerprint density at radius 2 is 1.08 bits per heavy atom. The van der Waals surface area contributed by atoms with Gasteiger partial charge in [0.15, 0.2) is 11.2 Å². The number of rotatable bonds is 6. The van der Waals surface area contributed by atoms with Gasteiger partial charge in [-0.25, -0.2) is 0 Å². The van der Waals surface area contributed by atoms with Crippen LogP contribution in [0.1, 0.15) is 0 Å². The Morgan fingerprint density at radius 1 is 0.750 bits per heavy atom. The van der Waals surface area contributed by atoms with Crippen LogP contribution >= 0.6 is 0 Å². The van der Waals surface area contributed by atoms with Gasteiger partial charge in [0.25, 0.3) is 0 Å². The Kier molecular flexibility index (Phi) is 5.62. The van der Waals surface area contributed by atoms with E-state index in [0.717, 1.165) is 0 Å². The van der Waals surface area contributed by atoms with Crippen molar-refractivity contribution in [2.24, 2.45) is 0 Å². The van der Waals surface area contributed by atoms with Gasteiger partial charge < -0.3 is 50.3 Å². The van der Waals surface area contributed by atoms with Crippen LogP contribution < -0.4 is 0 Å². The molecule has 0 radical (unpaired) electrons. The number of aliphatic hydroxyl groups is 8. The molecule has 24 heavy (non-hydrogen) atoms. The molecular weight excluding hydrogens is 332 g/mol. The van der Waals surface area contributed by atoms with Crippen molar-refractivity contribution in [1.82, 2.24) is 0 Å². The largest absolute Gasteiger partial charge is 0.394 e. The molecule has 0 aromatic carbocycles. The quantitative estimate of drug-likeness (QED) is 0.226. The number of ether oxygens (including phenoxy) is 2. The van der Waals surface area contributed by atoms with Gasteiger partial charge >= 0.3 is 0 Å². The molecule has 0 aliphatic carbocycles. The van der Waals surface area contributed by atoms with Crippen LogP contribution in [0, 0.1) is 0 Å². The molecule has 0 amide bonds. The molecule has 140 valence electrons. The lowest BCUT2D eigenvalue weighted by atomic mass is 9.78. The molecule has 2 aliphatic rings. The number of ketones is 1. The highest BCUT2D eigenvalue weighted by molar-refractivity contribution is 5.97. The second-order valence-electron chi connectivity index (χ2n) is 5.97. The molecule has 2 fully saturated rings.